The van der Waals surface area contributed by atoms with Crippen molar-refractivity contribution < 1.29 is 0 Å². The zero-order valence-electron chi connectivity index (χ0n) is 12.4. The second kappa shape index (κ2) is 6.69. The molecule has 1 rings (SSSR count). The normalized spacial score (nSPS) is 13.4. The fraction of sp³-hybridized carbons (Fsp3) is 0.714. The molecule has 1 aromatic heterocycles. The van der Waals surface area contributed by atoms with Crippen LogP contribution in [0.3, 0.4) is 0 Å². The van der Waals surface area contributed by atoms with E-state index >= 15 is 0 Å². The lowest BCUT2D eigenvalue weighted by Gasteiger charge is -2.28. The Morgan fingerprint density at radius 2 is 1.78 bits per heavy atom. The number of rotatable bonds is 6. The number of aromatic nitrogens is 2. The average molecular weight is 250 g/mol. The second-order valence-corrected chi connectivity index (χ2v) is 5.65. The summed E-state index contributed by atoms with van der Waals surface area (Å²) in [6.45, 7) is 9.61. The Bertz CT molecular complexity index is 335. The lowest BCUT2D eigenvalue weighted by Crippen LogP contribution is -2.38. The predicted octanol–water partition coefficient (Wildman–Crippen LogP) is 2.60. The van der Waals surface area contributed by atoms with Gasteiger partial charge in [0.2, 0.25) is 0 Å². The molecule has 1 N–H and O–H groups in total. The molecule has 0 saturated carbocycles. The van der Waals surface area contributed by atoms with Gasteiger partial charge in [-0.25, -0.2) is 0 Å². The van der Waals surface area contributed by atoms with E-state index in [0.717, 1.165) is 18.1 Å². The molecule has 102 valence electrons. The van der Waals surface area contributed by atoms with Gasteiger partial charge in [-0.1, -0.05) is 27.7 Å². The molecule has 4 heteroatoms. The van der Waals surface area contributed by atoms with Crippen LogP contribution in [0, 0.1) is 5.92 Å². The van der Waals surface area contributed by atoms with Crippen LogP contribution >= 0.6 is 0 Å². The van der Waals surface area contributed by atoms with E-state index < -0.39 is 0 Å². The zero-order chi connectivity index (χ0) is 13.7. The van der Waals surface area contributed by atoms with Gasteiger partial charge in [-0.15, -0.1) is 5.10 Å². The standard InChI is InChI=1S/C14H26N4/c1-10(2)12-7-8-14(17-16-12)15-9-13(11(3)4)18(5)6/h7-8,10-11,13H,9H2,1-6H3,(H,15,17)/t13-/m0/s1. The molecule has 1 aromatic rings. The van der Waals surface area contributed by atoms with Crippen LogP contribution in [0.1, 0.15) is 39.3 Å². The summed E-state index contributed by atoms with van der Waals surface area (Å²) in [5.74, 6) is 1.89. The van der Waals surface area contributed by atoms with E-state index in [0.29, 0.717) is 17.9 Å². The minimum atomic E-state index is 0.428. The Morgan fingerprint density at radius 1 is 1.11 bits per heavy atom. The first-order valence-electron chi connectivity index (χ1n) is 6.65. The maximum atomic E-state index is 4.22. The van der Waals surface area contributed by atoms with Crippen molar-refractivity contribution in [2.75, 3.05) is 26.0 Å². The van der Waals surface area contributed by atoms with Crippen molar-refractivity contribution in [1.82, 2.24) is 15.1 Å². The second-order valence-electron chi connectivity index (χ2n) is 5.65. The lowest BCUT2D eigenvalue weighted by atomic mass is 10.0. The predicted molar refractivity (Wildman–Crippen MR) is 76.9 cm³/mol. The molecule has 0 fully saturated rings. The highest BCUT2D eigenvalue weighted by Crippen LogP contribution is 2.13. The van der Waals surface area contributed by atoms with Crippen LogP contribution in [-0.4, -0.2) is 41.8 Å². The maximum absolute atomic E-state index is 4.22. The molecular weight excluding hydrogens is 224 g/mol. The van der Waals surface area contributed by atoms with Crippen LogP contribution in [0.25, 0.3) is 0 Å². The lowest BCUT2D eigenvalue weighted by molar-refractivity contribution is 0.243. The summed E-state index contributed by atoms with van der Waals surface area (Å²) < 4.78 is 0. The van der Waals surface area contributed by atoms with Gasteiger partial charge in [0.15, 0.2) is 0 Å². The minimum Gasteiger partial charge on any atom is -0.367 e. The van der Waals surface area contributed by atoms with E-state index in [1.807, 2.05) is 12.1 Å². The summed E-state index contributed by atoms with van der Waals surface area (Å²) in [6, 6.07) is 4.55. The van der Waals surface area contributed by atoms with Crippen molar-refractivity contribution >= 4 is 5.82 Å². The van der Waals surface area contributed by atoms with Crippen LogP contribution in [0.15, 0.2) is 12.1 Å². The summed E-state index contributed by atoms with van der Waals surface area (Å²) in [6.07, 6.45) is 0. The maximum Gasteiger partial charge on any atom is 0.148 e. The van der Waals surface area contributed by atoms with Crippen molar-refractivity contribution in [3.8, 4) is 0 Å². The van der Waals surface area contributed by atoms with Gasteiger partial charge >= 0.3 is 0 Å². The van der Waals surface area contributed by atoms with Gasteiger partial charge in [0.05, 0.1) is 5.69 Å². The molecule has 0 amide bonds. The summed E-state index contributed by atoms with van der Waals surface area (Å²) in [5.41, 5.74) is 1.04. The van der Waals surface area contributed by atoms with E-state index in [1.54, 1.807) is 0 Å². The van der Waals surface area contributed by atoms with Crippen LogP contribution in [0.2, 0.25) is 0 Å². The summed E-state index contributed by atoms with van der Waals surface area (Å²) in [5, 5.41) is 11.8. The molecule has 4 nitrogen and oxygen atoms in total. The highest BCUT2D eigenvalue weighted by molar-refractivity contribution is 5.33. The third-order valence-electron chi connectivity index (χ3n) is 3.20. The van der Waals surface area contributed by atoms with Gasteiger partial charge in [-0.05, 0) is 38.1 Å². The van der Waals surface area contributed by atoms with E-state index in [4.69, 9.17) is 0 Å². The molecule has 1 heterocycles. The quantitative estimate of drug-likeness (QED) is 0.842. The van der Waals surface area contributed by atoms with Gasteiger partial charge < -0.3 is 10.2 Å². The van der Waals surface area contributed by atoms with Crippen LogP contribution in [0.5, 0.6) is 0 Å². The first-order valence-corrected chi connectivity index (χ1v) is 6.65. The monoisotopic (exact) mass is 250 g/mol. The van der Waals surface area contributed by atoms with E-state index in [-0.39, 0.29) is 0 Å². The first kappa shape index (κ1) is 14.9. The smallest absolute Gasteiger partial charge is 0.148 e. The van der Waals surface area contributed by atoms with Crippen LogP contribution < -0.4 is 5.32 Å². The molecule has 18 heavy (non-hydrogen) atoms. The Hall–Kier alpha value is -1.16. The third kappa shape index (κ3) is 4.26. The van der Waals surface area contributed by atoms with Gasteiger partial charge in [0.1, 0.15) is 5.82 Å². The van der Waals surface area contributed by atoms with Gasteiger partial charge in [0.25, 0.3) is 0 Å². The van der Waals surface area contributed by atoms with Crippen molar-refractivity contribution in [3.05, 3.63) is 17.8 Å². The highest BCUT2D eigenvalue weighted by atomic mass is 15.2. The molecule has 0 aliphatic carbocycles. The summed E-state index contributed by atoms with van der Waals surface area (Å²) in [7, 11) is 4.22. The Kier molecular flexibility index (Phi) is 5.54. The molecule has 0 spiro atoms. The SMILES string of the molecule is CC(C)c1ccc(NC[C@@H](C(C)C)N(C)C)nn1. The fourth-order valence-corrected chi connectivity index (χ4v) is 1.97. The molecule has 0 saturated heterocycles. The number of hydrogen-bond donors (Lipinski definition) is 1. The number of hydrogen-bond acceptors (Lipinski definition) is 4. The topological polar surface area (TPSA) is 41.0 Å². The van der Waals surface area contributed by atoms with E-state index in [2.05, 4.69) is 62.2 Å². The Labute approximate surface area is 111 Å². The van der Waals surface area contributed by atoms with Gasteiger partial charge in [0, 0.05) is 12.6 Å². The number of nitrogens with one attached hydrogen (secondary N) is 1. The van der Waals surface area contributed by atoms with Crippen molar-refractivity contribution in [2.45, 2.75) is 39.7 Å². The zero-order valence-corrected chi connectivity index (χ0v) is 12.4. The van der Waals surface area contributed by atoms with Crippen LogP contribution in [0.4, 0.5) is 5.82 Å². The third-order valence-corrected chi connectivity index (χ3v) is 3.20. The van der Waals surface area contributed by atoms with E-state index in [1.165, 1.54) is 0 Å². The average Bonchev–Trinajstić information content (AvgIpc) is 2.28. The molecule has 0 aromatic carbocycles. The number of nitrogens with zero attached hydrogens (tertiary/aromatic N) is 3. The Morgan fingerprint density at radius 3 is 2.17 bits per heavy atom. The van der Waals surface area contributed by atoms with Crippen molar-refractivity contribution in [3.63, 3.8) is 0 Å². The van der Waals surface area contributed by atoms with Gasteiger partial charge in [-0.3, -0.25) is 0 Å². The fourth-order valence-electron chi connectivity index (χ4n) is 1.97. The van der Waals surface area contributed by atoms with Gasteiger partial charge in [-0.2, -0.15) is 5.10 Å². The minimum absolute atomic E-state index is 0.428. The molecular formula is C14H26N4. The molecule has 0 aliphatic rings. The molecule has 0 unspecified atom stereocenters. The largest absolute Gasteiger partial charge is 0.367 e. The number of likely N-dealkylation sites (N-methyl/N-ethyl adjacent to an activating group) is 1. The summed E-state index contributed by atoms with van der Waals surface area (Å²) in [4.78, 5) is 2.24. The van der Waals surface area contributed by atoms with Crippen molar-refractivity contribution in [2.24, 2.45) is 5.92 Å². The molecule has 1 atom stereocenters. The summed E-state index contributed by atoms with van der Waals surface area (Å²) >= 11 is 0. The highest BCUT2D eigenvalue weighted by Gasteiger charge is 2.15. The molecule has 0 aliphatic heterocycles. The Balaban J connectivity index is 2.57. The van der Waals surface area contributed by atoms with Crippen molar-refractivity contribution in [1.29, 1.82) is 0 Å². The molecule has 0 radical (unpaired) electrons. The molecule has 0 bridgehead atoms. The number of anilines is 1. The van der Waals surface area contributed by atoms with Crippen LogP contribution in [-0.2, 0) is 0 Å². The first-order chi connectivity index (χ1) is 8.41. The van der Waals surface area contributed by atoms with E-state index in [9.17, 15) is 0 Å².